The van der Waals surface area contributed by atoms with Crippen molar-refractivity contribution in [3.05, 3.63) is 0 Å². The predicted molar refractivity (Wildman–Crippen MR) is 8.60 cm³/mol. The second kappa shape index (κ2) is 163. The Morgan fingerprint density at radius 1 is 0.714 bits per heavy atom. The molecule has 0 fully saturated rings. The summed E-state index contributed by atoms with van der Waals surface area (Å²) in [6.45, 7) is 0. The summed E-state index contributed by atoms with van der Waals surface area (Å²) in [6, 6.07) is 0. The molecule has 0 aromatic heterocycles. The molecular weight excluding hydrogens is 237 g/mol. The van der Waals surface area contributed by atoms with Crippen LogP contribution in [-0.2, 0) is 61.0 Å². The maximum atomic E-state index is 0. The van der Waals surface area contributed by atoms with Crippen molar-refractivity contribution < 1.29 is 72.0 Å². The molecule has 0 aliphatic carbocycles. The van der Waals surface area contributed by atoms with Gasteiger partial charge in [-0.25, -0.2) is 0 Å². The van der Waals surface area contributed by atoms with E-state index in [4.69, 9.17) is 0 Å². The molecule has 0 saturated carbocycles. The summed E-state index contributed by atoms with van der Waals surface area (Å²) in [4.78, 5) is 0. The summed E-state index contributed by atoms with van der Waals surface area (Å²) in [6.07, 6.45) is 0. The normalized spacial score (nSPS) is 0. The van der Waals surface area contributed by atoms with Gasteiger partial charge in [-0.1, -0.05) is 0 Å². The Labute approximate surface area is 72.0 Å². The van der Waals surface area contributed by atoms with E-state index in [1.807, 2.05) is 0 Å². The fourth-order valence-electron chi connectivity index (χ4n) is 0. The van der Waals surface area contributed by atoms with Crippen molar-refractivity contribution in [3.8, 4) is 0 Å². The first-order chi connectivity index (χ1) is 0. The molecule has 4 N–H and O–H groups in total. The molecule has 0 saturated heterocycles. The van der Waals surface area contributed by atoms with Gasteiger partial charge in [-0.3, -0.25) is 0 Å². The third-order valence-corrected chi connectivity index (χ3v) is 0. The van der Waals surface area contributed by atoms with Crippen LogP contribution in [0.15, 0.2) is 0 Å². The van der Waals surface area contributed by atoms with E-state index < -0.39 is 0 Å². The fourth-order valence-corrected chi connectivity index (χ4v) is 0. The molecule has 0 heterocycles. The van der Waals surface area contributed by atoms with Crippen molar-refractivity contribution in [1.82, 2.24) is 0 Å². The summed E-state index contributed by atoms with van der Waals surface area (Å²) in [5, 5.41) is 0. The summed E-state index contributed by atoms with van der Waals surface area (Å²) >= 11 is 0. The number of hydrogen-bond acceptors (Lipinski definition) is 0. The van der Waals surface area contributed by atoms with Crippen LogP contribution in [0.25, 0.3) is 0 Å². The van der Waals surface area contributed by atoms with Crippen molar-refractivity contribution in [2.45, 2.75) is 0 Å². The first-order valence-electron chi connectivity index (χ1n) is 0. The molecule has 0 amide bonds. The van der Waals surface area contributed by atoms with Crippen LogP contribution in [0, 0.1) is 0 Å². The van der Waals surface area contributed by atoms with Crippen LogP contribution in [0.5, 0.6) is 0 Å². The summed E-state index contributed by atoms with van der Waals surface area (Å²) in [7, 11) is 0. The Bertz CT molecular complexity index is 9.65. The maximum Gasteiger partial charge on any atom is 2.00 e. The topological polar surface area (TPSA) is 120 Å². The minimum absolute atomic E-state index is 0. The van der Waals surface area contributed by atoms with E-state index in [9.17, 15) is 0 Å². The van der Waals surface area contributed by atoms with Crippen LogP contribution in [0.1, 0.15) is 0 Å². The van der Waals surface area contributed by atoms with Gasteiger partial charge in [0.25, 0.3) is 0 Å². The fraction of sp³-hybridized carbons (Fsp3) is 0. The molecule has 0 rings (SSSR count). The Balaban J connectivity index is 0. The molecule has 0 atom stereocenters. The van der Waals surface area contributed by atoms with Gasteiger partial charge in [0, 0.05) is 16.5 Å². The second-order valence-electron chi connectivity index (χ2n) is 0. The summed E-state index contributed by atoms with van der Waals surface area (Å²) in [5.41, 5.74) is 0. The van der Waals surface area contributed by atoms with Crippen LogP contribution in [0.3, 0.4) is 0 Å². The Morgan fingerprint density at radius 3 is 0.714 bits per heavy atom. The van der Waals surface area contributed by atoms with E-state index in [-0.39, 0.29) is 72.0 Å². The molecule has 7 heteroatoms. The minimum atomic E-state index is 0. The van der Waals surface area contributed by atoms with Gasteiger partial charge in [0.2, 0.25) is 0 Å². The average Bonchev–Trinajstić information content (AvgIpc) is 0. The van der Waals surface area contributed by atoms with E-state index >= 15 is 0 Å². The molecule has 0 unspecified atom stereocenters. The Hall–Kier alpha value is 1.35. The minimum Gasteiger partial charge on any atom is -2.00 e. The van der Waals surface area contributed by atoms with E-state index in [1.165, 1.54) is 0 Å². The summed E-state index contributed by atoms with van der Waals surface area (Å²) < 4.78 is 0. The number of rotatable bonds is 0. The van der Waals surface area contributed by atoms with Crippen LogP contribution < -0.4 is 0 Å². The monoisotopic (exact) mass is 240 g/mol. The van der Waals surface area contributed by atoms with Gasteiger partial charge in [0.1, 0.15) is 0 Å². The third kappa shape index (κ3) is 116. The van der Waals surface area contributed by atoms with Crippen LogP contribution in [0.4, 0.5) is 0 Å². The largest absolute Gasteiger partial charge is 2.00 e. The van der Waals surface area contributed by atoms with E-state index in [0.717, 1.165) is 0 Å². The third-order valence-electron chi connectivity index (χ3n) is 0. The van der Waals surface area contributed by atoms with E-state index in [2.05, 4.69) is 0 Å². The molecule has 7 heavy (non-hydrogen) atoms. The van der Waals surface area contributed by atoms with E-state index in [0.29, 0.717) is 0 Å². The smallest absolute Gasteiger partial charge is 2.00 e. The van der Waals surface area contributed by atoms with Gasteiger partial charge in [0.05, 0.1) is 0 Å². The zero-order valence-electron chi connectivity index (χ0n) is 2.80. The Morgan fingerprint density at radius 2 is 0.714 bits per heavy atom. The zero-order valence-corrected chi connectivity index (χ0v) is 5.88. The second-order valence-corrected chi connectivity index (χ2v) is 0. The average molecular weight is 241 g/mol. The molecule has 0 bridgehead atoms. The molecule has 0 aromatic rings. The van der Waals surface area contributed by atoms with Crippen molar-refractivity contribution in [2.24, 2.45) is 0 Å². The van der Waals surface area contributed by atoms with Gasteiger partial charge >= 0.3 is 33.6 Å². The maximum absolute atomic E-state index is 0. The van der Waals surface area contributed by atoms with Crippen LogP contribution in [-0.4, -0.2) is 11.0 Å². The summed E-state index contributed by atoms with van der Waals surface area (Å²) in [5.74, 6) is 0. The van der Waals surface area contributed by atoms with Gasteiger partial charge < -0.3 is 21.9 Å². The van der Waals surface area contributed by atoms with Crippen molar-refractivity contribution in [2.75, 3.05) is 0 Å². The SMILES string of the molecule is O.O.[Fe+2].[Ni+2].[Ni].[O-2].[O-2]. The van der Waals surface area contributed by atoms with Gasteiger partial charge in [-0.15, -0.1) is 0 Å². The standard InChI is InChI=1S/Fe.2Ni.2H2O.2O/h;;;2*1H2;;/q+2;;+2;;;2*-2. The van der Waals surface area contributed by atoms with Crippen LogP contribution in [0.2, 0.25) is 0 Å². The molecule has 0 aliphatic heterocycles. The zero-order chi connectivity index (χ0) is 0. The molecule has 4 nitrogen and oxygen atoms in total. The van der Waals surface area contributed by atoms with Crippen molar-refractivity contribution >= 4 is 0 Å². The molecule has 0 aromatic carbocycles. The van der Waals surface area contributed by atoms with Gasteiger partial charge in [0.15, 0.2) is 0 Å². The first kappa shape index (κ1) is 248. The van der Waals surface area contributed by atoms with E-state index in [1.54, 1.807) is 0 Å². The predicted octanol–water partition coefficient (Wildman–Crippen LogP) is -1.89. The molecule has 0 aliphatic rings. The molecular formula is H4FeNi2O4. The van der Waals surface area contributed by atoms with Crippen molar-refractivity contribution in [1.29, 1.82) is 0 Å². The van der Waals surface area contributed by atoms with Crippen LogP contribution >= 0.6 is 0 Å². The van der Waals surface area contributed by atoms with Crippen molar-refractivity contribution in [3.63, 3.8) is 0 Å². The molecule has 0 spiro atoms. The first-order valence-corrected chi connectivity index (χ1v) is 0. The quantitative estimate of drug-likeness (QED) is 0.440. The molecule has 0 radical (unpaired) electrons. The molecule has 56 valence electrons. The number of hydrogen-bond donors (Lipinski definition) is 0. The van der Waals surface area contributed by atoms with Gasteiger partial charge in [-0.05, 0) is 0 Å². The Kier molecular flexibility index (Phi) is 5790. The van der Waals surface area contributed by atoms with Gasteiger partial charge in [-0.2, -0.15) is 0 Å².